The zero-order valence-electron chi connectivity index (χ0n) is 13.8. The number of phenols is 1. The van der Waals surface area contributed by atoms with E-state index >= 15 is 0 Å². The van der Waals surface area contributed by atoms with Crippen LogP contribution in [0.4, 0.5) is 0 Å². The van der Waals surface area contributed by atoms with Crippen molar-refractivity contribution in [2.75, 3.05) is 0 Å². The fraction of sp³-hybridized carbons (Fsp3) is 0.700. The minimum absolute atomic E-state index is 0.108. The van der Waals surface area contributed by atoms with Crippen molar-refractivity contribution in [1.82, 2.24) is 0 Å². The van der Waals surface area contributed by atoms with Gasteiger partial charge < -0.3 is 10.2 Å². The predicted molar refractivity (Wildman–Crippen MR) is 88.0 cm³/mol. The molecule has 3 aliphatic carbocycles. The number of fused-ring (bicyclic) bond motifs is 5. The van der Waals surface area contributed by atoms with E-state index in [1.54, 1.807) is 0 Å². The molecule has 120 valence electrons. The van der Waals surface area contributed by atoms with Crippen LogP contribution in [0, 0.1) is 17.3 Å². The topological polar surface area (TPSA) is 40.5 Å². The largest absolute Gasteiger partial charge is 0.508 e. The summed E-state index contributed by atoms with van der Waals surface area (Å²) in [5, 5.41) is 20.9. The average Bonchev–Trinajstić information content (AvgIpc) is 2.79. The van der Waals surface area contributed by atoms with Gasteiger partial charge in [0.15, 0.2) is 0 Å². The SMILES string of the molecule is CC[C@@]1(O)CC[C@@H]2[C@@H]3CCc4cc(O)ccc4[C@@H]3CC[C@@]21C. The number of aliphatic hydroxyl groups is 1. The molecule has 2 fully saturated rings. The second kappa shape index (κ2) is 4.74. The van der Waals surface area contributed by atoms with Gasteiger partial charge >= 0.3 is 0 Å². The fourth-order valence-corrected chi connectivity index (χ4v) is 6.26. The Labute approximate surface area is 133 Å². The van der Waals surface area contributed by atoms with Crippen molar-refractivity contribution in [1.29, 1.82) is 0 Å². The van der Waals surface area contributed by atoms with E-state index in [9.17, 15) is 10.2 Å². The smallest absolute Gasteiger partial charge is 0.115 e. The lowest BCUT2D eigenvalue weighted by Gasteiger charge is -2.53. The van der Waals surface area contributed by atoms with Gasteiger partial charge in [0.25, 0.3) is 0 Å². The number of aryl methyl sites for hydroxylation is 1. The molecule has 2 nitrogen and oxygen atoms in total. The van der Waals surface area contributed by atoms with Gasteiger partial charge in [0.05, 0.1) is 5.60 Å². The van der Waals surface area contributed by atoms with E-state index < -0.39 is 5.60 Å². The van der Waals surface area contributed by atoms with Gasteiger partial charge in [-0.25, -0.2) is 0 Å². The second-order valence-electron chi connectivity index (χ2n) is 8.18. The predicted octanol–water partition coefficient (Wildman–Crippen LogP) is 4.39. The molecule has 4 rings (SSSR count). The van der Waals surface area contributed by atoms with E-state index in [2.05, 4.69) is 19.9 Å². The molecule has 0 saturated heterocycles. The summed E-state index contributed by atoms with van der Waals surface area (Å²) >= 11 is 0. The fourth-order valence-electron chi connectivity index (χ4n) is 6.26. The highest BCUT2D eigenvalue weighted by Crippen LogP contribution is 2.64. The molecule has 2 saturated carbocycles. The van der Waals surface area contributed by atoms with Crippen LogP contribution in [0.5, 0.6) is 5.75 Å². The lowest BCUT2D eigenvalue weighted by Crippen LogP contribution is -2.50. The van der Waals surface area contributed by atoms with E-state index in [0.29, 0.717) is 17.6 Å². The molecule has 0 radical (unpaired) electrons. The molecule has 22 heavy (non-hydrogen) atoms. The Morgan fingerprint density at radius 3 is 2.77 bits per heavy atom. The molecule has 3 aliphatic rings. The van der Waals surface area contributed by atoms with Gasteiger partial charge in [-0.3, -0.25) is 0 Å². The lowest BCUT2D eigenvalue weighted by molar-refractivity contribution is -0.104. The van der Waals surface area contributed by atoms with Crippen molar-refractivity contribution < 1.29 is 10.2 Å². The second-order valence-corrected chi connectivity index (χ2v) is 8.18. The molecule has 0 unspecified atom stereocenters. The standard InChI is InChI=1S/C20H28O2/c1-3-20(22)11-9-18-17-6-4-13-12-14(21)5-7-15(13)16(17)8-10-19(18,20)2/h5,7,12,16-18,21-22H,3-4,6,8-11H2,1-2H3/t16-,17+,18+,19-,20+/m0/s1. The maximum atomic E-state index is 11.1. The summed E-state index contributed by atoms with van der Waals surface area (Å²) in [7, 11) is 0. The summed E-state index contributed by atoms with van der Waals surface area (Å²) in [5.74, 6) is 2.43. The summed E-state index contributed by atoms with van der Waals surface area (Å²) < 4.78 is 0. The Morgan fingerprint density at radius 1 is 1.18 bits per heavy atom. The van der Waals surface area contributed by atoms with Gasteiger partial charge in [-0.15, -0.1) is 0 Å². The van der Waals surface area contributed by atoms with Crippen molar-refractivity contribution in [2.24, 2.45) is 17.3 Å². The van der Waals surface area contributed by atoms with Crippen LogP contribution in [0.1, 0.15) is 69.4 Å². The van der Waals surface area contributed by atoms with E-state index in [0.717, 1.165) is 31.6 Å². The van der Waals surface area contributed by atoms with Gasteiger partial charge in [-0.1, -0.05) is 19.9 Å². The number of benzene rings is 1. The molecule has 0 bridgehead atoms. The van der Waals surface area contributed by atoms with Gasteiger partial charge in [-0.2, -0.15) is 0 Å². The molecule has 0 amide bonds. The van der Waals surface area contributed by atoms with Crippen molar-refractivity contribution >= 4 is 0 Å². The first kappa shape index (κ1) is 14.6. The van der Waals surface area contributed by atoms with E-state index in [4.69, 9.17) is 0 Å². The zero-order valence-corrected chi connectivity index (χ0v) is 13.8. The first-order valence-electron chi connectivity index (χ1n) is 9.03. The molecular formula is C20H28O2. The van der Waals surface area contributed by atoms with E-state index in [1.165, 1.54) is 30.4 Å². The molecule has 1 aromatic carbocycles. The van der Waals surface area contributed by atoms with Crippen LogP contribution in [-0.2, 0) is 6.42 Å². The van der Waals surface area contributed by atoms with Gasteiger partial charge in [-0.05, 0) is 91.4 Å². The monoisotopic (exact) mass is 300 g/mol. The quantitative estimate of drug-likeness (QED) is 0.807. The van der Waals surface area contributed by atoms with Crippen molar-refractivity contribution in [3.8, 4) is 5.75 Å². The number of hydrogen-bond donors (Lipinski definition) is 2. The third kappa shape index (κ3) is 1.76. The third-order valence-corrected chi connectivity index (χ3v) is 7.62. The molecule has 0 aliphatic heterocycles. The van der Waals surface area contributed by atoms with Gasteiger partial charge in [0, 0.05) is 0 Å². The highest BCUT2D eigenvalue weighted by atomic mass is 16.3. The first-order valence-corrected chi connectivity index (χ1v) is 9.03. The maximum Gasteiger partial charge on any atom is 0.115 e. The summed E-state index contributed by atoms with van der Waals surface area (Å²) in [4.78, 5) is 0. The Bertz CT molecular complexity index is 595. The Hall–Kier alpha value is -1.02. The van der Waals surface area contributed by atoms with Crippen LogP contribution in [0.2, 0.25) is 0 Å². The van der Waals surface area contributed by atoms with Crippen LogP contribution in [0.25, 0.3) is 0 Å². The zero-order chi connectivity index (χ0) is 15.5. The normalized spacial score (nSPS) is 43.3. The Morgan fingerprint density at radius 2 is 2.00 bits per heavy atom. The van der Waals surface area contributed by atoms with Crippen molar-refractivity contribution in [2.45, 2.75) is 70.3 Å². The van der Waals surface area contributed by atoms with Gasteiger partial charge in [0.2, 0.25) is 0 Å². The molecule has 0 aromatic heterocycles. The molecule has 5 atom stereocenters. The number of aromatic hydroxyl groups is 1. The highest BCUT2D eigenvalue weighted by molar-refractivity contribution is 5.40. The summed E-state index contributed by atoms with van der Waals surface area (Å²) in [6, 6.07) is 5.98. The molecule has 2 heteroatoms. The van der Waals surface area contributed by atoms with Crippen LogP contribution in [-0.4, -0.2) is 15.8 Å². The third-order valence-electron chi connectivity index (χ3n) is 7.62. The lowest BCUT2D eigenvalue weighted by atomic mass is 9.53. The number of phenolic OH excluding ortho intramolecular Hbond substituents is 1. The van der Waals surface area contributed by atoms with Crippen molar-refractivity contribution in [3.63, 3.8) is 0 Å². The van der Waals surface area contributed by atoms with Crippen LogP contribution in [0.15, 0.2) is 18.2 Å². The number of hydrogen-bond acceptors (Lipinski definition) is 2. The minimum Gasteiger partial charge on any atom is -0.508 e. The number of rotatable bonds is 1. The molecule has 0 heterocycles. The average molecular weight is 300 g/mol. The summed E-state index contributed by atoms with van der Waals surface area (Å²) in [6.07, 6.45) is 7.71. The summed E-state index contributed by atoms with van der Waals surface area (Å²) in [5.41, 5.74) is 2.49. The van der Waals surface area contributed by atoms with Gasteiger partial charge in [0.1, 0.15) is 5.75 Å². The van der Waals surface area contributed by atoms with Crippen LogP contribution < -0.4 is 0 Å². The molecule has 1 aromatic rings. The van der Waals surface area contributed by atoms with Crippen LogP contribution in [0.3, 0.4) is 0 Å². The highest BCUT2D eigenvalue weighted by Gasteiger charge is 2.60. The summed E-state index contributed by atoms with van der Waals surface area (Å²) in [6.45, 7) is 4.51. The first-order chi connectivity index (χ1) is 10.5. The van der Waals surface area contributed by atoms with E-state index in [1.807, 2.05) is 12.1 Å². The minimum atomic E-state index is -0.447. The molecule has 2 N–H and O–H groups in total. The molecule has 0 spiro atoms. The van der Waals surface area contributed by atoms with Crippen molar-refractivity contribution in [3.05, 3.63) is 29.3 Å². The maximum absolute atomic E-state index is 11.1. The Kier molecular flexibility index (Phi) is 3.14. The Balaban J connectivity index is 1.70. The van der Waals surface area contributed by atoms with E-state index in [-0.39, 0.29) is 5.41 Å². The van der Waals surface area contributed by atoms with Crippen LogP contribution >= 0.6 is 0 Å². The molecular weight excluding hydrogens is 272 g/mol.